The molecule has 2 atom stereocenters. The maximum absolute atomic E-state index is 4.59. The molecule has 0 bridgehead atoms. The Morgan fingerprint density at radius 2 is 2.19 bits per heavy atom. The quantitative estimate of drug-likeness (QED) is 0.909. The van der Waals surface area contributed by atoms with Crippen molar-refractivity contribution in [3.8, 4) is 0 Å². The highest BCUT2D eigenvalue weighted by Gasteiger charge is 2.38. The normalized spacial score (nSPS) is 26.4. The van der Waals surface area contributed by atoms with E-state index in [2.05, 4.69) is 62.3 Å². The molecule has 1 aliphatic carbocycles. The van der Waals surface area contributed by atoms with Crippen molar-refractivity contribution < 1.29 is 0 Å². The van der Waals surface area contributed by atoms with Crippen LogP contribution in [0.5, 0.6) is 0 Å². The lowest BCUT2D eigenvalue weighted by Crippen LogP contribution is -2.31. The molecule has 0 radical (unpaired) electrons. The van der Waals surface area contributed by atoms with Crippen molar-refractivity contribution in [2.75, 3.05) is 11.9 Å². The van der Waals surface area contributed by atoms with Gasteiger partial charge < -0.3 is 5.32 Å². The van der Waals surface area contributed by atoms with Crippen LogP contribution in [0.1, 0.15) is 26.2 Å². The Morgan fingerprint density at radius 3 is 3.00 bits per heavy atom. The molecular weight excluding hydrogens is 326 g/mol. The highest BCUT2D eigenvalue weighted by Crippen LogP contribution is 2.34. The molecule has 1 saturated carbocycles. The molecule has 1 aliphatic heterocycles. The van der Waals surface area contributed by atoms with Crippen molar-refractivity contribution in [3.63, 3.8) is 0 Å². The van der Waals surface area contributed by atoms with Gasteiger partial charge in [0.15, 0.2) is 0 Å². The third kappa shape index (κ3) is 2.67. The van der Waals surface area contributed by atoms with Gasteiger partial charge in [0.05, 0.1) is 11.2 Å². The number of para-hydroxylation sites is 1. The Morgan fingerprint density at radius 1 is 1.33 bits per heavy atom. The van der Waals surface area contributed by atoms with Crippen LogP contribution in [-0.2, 0) is 0 Å². The van der Waals surface area contributed by atoms with Gasteiger partial charge in [-0.1, -0.05) is 12.1 Å². The van der Waals surface area contributed by atoms with E-state index >= 15 is 0 Å². The van der Waals surface area contributed by atoms with Crippen molar-refractivity contribution in [2.24, 2.45) is 0 Å². The van der Waals surface area contributed by atoms with E-state index in [9.17, 15) is 0 Å². The number of halogens is 1. The van der Waals surface area contributed by atoms with E-state index in [-0.39, 0.29) is 0 Å². The smallest absolute Gasteiger partial charge is 0.0934 e. The van der Waals surface area contributed by atoms with Gasteiger partial charge in [-0.25, -0.2) is 0 Å². The summed E-state index contributed by atoms with van der Waals surface area (Å²) in [6, 6.07) is 10.6. The lowest BCUT2D eigenvalue weighted by Gasteiger charge is -2.20. The number of hydrogen-bond donors (Lipinski definition) is 1. The van der Waals surface area contributed by atoms with Crippen molar-refractivity contribution in [1.29, 1.82) is 0 Å². The molecule has 1 aromatic heterocycles. The van der Waals surface area contributed by atoms with Crippen LogP contribution < -0.4 is 5.32 Å². The summed E-state index contributed by atoms with van der Waals surface area (Å²) in [6.07, 6.45) is 5.88. The number of hydrogen-bond acceptors (Lipinski definition) is 3. The molecule has 4 rings (SSSR count). The van der Waals surface area contributed by atoms with Crippen molar-refractivity contribution in [3.05, 3.63) is 34.9 Å². The van der Waals surface area contributed by atoms with E-state index in [4.69, 9.17) is 0 Å². The van der Waals surface area contributed by atoms with Gasteiger partial charge in [-0.2, -0.15) is 0 Å². The van der Waals surface area contributed by atoms with Crippen LogP contribution in [0.4, 0.5) is 5.69 Å². The maximum atomic E-state index is 4.59. The first-order valence-corrected chi connectivity index (χ1v) is 8.56. The first-order chi connectivity index (χ1) is 10.2. The Balaban J connectivity index is 1.57. The Labute approximate surface area is 133 Å². The Hall–Kier alpha value is -1.13. The minimum Gasteiger partial charge on any atom is -0.379 e. The van der Waals surface area contributed by atoms with Gasteiger partial charge in [-0.15, -0.1) is 0 Å². The number of likely N-dealkylation sites (tertiary alicyclic amines) is 1. The molecule has 2 aliphatic rings. The van der Waals surface area contributed by atoms with Crippen LogP contribution in [0.3, 0.4) is 0 Å². The van der Waals surface area contributed by atoms with E-state index in [1.807, 2.05) is 6.20 Å². The summed E-state index contributed by atoms with van der Waals surface area (Å²) < 4.78 is 1.03. The number of rotatable bonds is 3. The van der Waals surface area contributed by atoms with Gasteiger partial charge in [-0.3, -0.25) is 9.88 Å². The SMILES string of the molecule is CC1CC(Nc2cccc3cc(Br)cnc23)CN1C1CC1. The number of pyridine rings is 1. The number of aromatic nitrogens is 1. The zero-order valence-electron chi connectivity index (χ0n) is 12.2. The molecule has 21 heavy (non-hydrogen) atoms. The largest absolute Gasteiger partial charge is 0.379 e. The summed E-state index contributed by atoms with van der Waals surface area (Å²) in [4.78, 5) is 7.26. The number of nitrogens with one attached hydrogen (secondary N) is 1. The van der Waals surface area contributed by atoms with Crippen molar-refractivity contribution in [1.82, 2.24) is 9.88 Å². The molecule has 2 heterocycles. The second kappa shape index (κ2) is 5.25. The van der Waals surface area contributed by atoms with Gasteiger partial charge in [-0.05, 0) is 54.2 Å². The van der Waals surface area contributed by atoms with Gasteiger partial charge in [0.25, 0.3) is 0 Å². The number of anilines is 1. The Bertz CT molecular complexity index is 668. The molecule has 3 nitrogen and oxygen atoms in total. The molecule has 2 unspecified atom stereocenters. The second-order valence-corrected chi connectivity index (χ2v) is 7.30. The lowest BCUT2D eigenvalue weighted by atomic mass is 10.1. The van der Waals surface area contributed by atoms with Crippen molar-refractivity contribution in [2.45, 2.75) is 44.3 Å². The van der Waals surface area contributed by atoms with Crippen LogP contribution in [0.2, 0.25) is 0 Å². The molecule has 4 heteroatoms. The minimum absolute atomic E-state index is 0.539. The molecule has 1 aromatic carbocycles. The molecular formula is C17H20BrN3. The van der Waals surface area contributed by atoms with Gasteiger partial charge in [0, 0.05) is 40.7 Å². The average Bonchev–Trinajstić information content (AvgIpc) is 3.23. The summed E-state index contributed by atoms with van der Waals surface area (Å²) in [6.45, 7) is 3.53. The fraction of sp³-hybridized carbons (Fsp3) is 0.471. The zero-order valence-corrected chi connectivity index (χ0v) is 13.8. The van der Waals surface area contributed by atoms with Gasteiger partial charge in [0.1, 0.15) is 0 Å². The Kier molecular flexibility index (Phi) is 3.38. The lowest BCUT2D eigenvalue weighted by molar-refractivity contribution is 0.257. The summed E-state index contributed by atoms with van der Waals surface area (Å²) in [7, 11) is 0. The van der Waals surface area contributed by atoms with Gasteiger partial charge in [0.2, 0.25) is 0 Å². The summed E-state index contributed by atoms with van der Waals surface area (Å²) in [5, 5.41) is 4.91. The highest BCUT2D eigenvalue weighted by molar-refractivity contribution is 9.10. The standard InChI is InChI=1S/C17H20BrN3/c1-11-7-14(10-21(11)15-5-6-15)20-16-4-2-3-12-8-13(18)9-19-17(12)16/h2-4,8-9,11,14-15,20H,5-7,10H2,1H3. The van der Waals surface area contributed by atoms with E-state index in [1.165, 1.54) is 31.2 Å². The summed E-state index contributed by atoms with van der Waals surface area (Å²) >= 11 is 3.49. The molecule has 1 saturated heterocycles. The maximum Gasteiger partial charge on any atom is 0.0934 e. The van der Waals surface area contributed by atoms with Crippen LogP contribution in [0.15, 0.2) is 34.9 Å². The molecule has 0 amide bonds. The monoisotopic (exact) mass is 345 g/mol. The zero-order chi connectivity index (χ0) is 14.4. The van der Waals surface area contributed by atoms with Crippen molar-refractivity contribution >= 4 is 32.5 Å². The molecule has 1 N–H and O–H groups in total. The molecule has 0 spiro atoms. The third-order valence-corrected chi connectivity index (χ3v) is 5.11. The van der Waals surface area contributed by atoms with E-state index in [1.54, 1.807) is 0 Å². The molecule has 2 aromatic rings. The number of fused-ring (bicyclic) bond motifs is 1. The predicted octanol–water partition coefficient (Wildman–Crippen LogP) is 4.03. The summed E-state index contributed by atoms with van der Waals surface area (Å²) in [5.41, 5.74) is 2.23. The number of benzene rings is 1. The fourth-order valence-electron chi connectivity index (χ4n) is 3.55. The summed E-state index contributed by atoms with van der Waals surface area (Å²) in [5.74, 6) is 0. The molecule has 2 fully saturated rings. The van der Waals surface area contributed by atoms with E-state index < -0.39 is 0 Å². The van der Waals surface area contributed by atoms with Crippen LogP contribution >= 0.6 is 15.9 Å². The van der Waals surface area contributed by atoms with Crippen LogP contribution in [0, 0.1) is 0 Å². The topological polar surface area (TPSA) is 28.2 Å². The van der Waals surface area contributed by atoms with E-state index in [0.29, 0.717) is 12.1 Å². The third-order valence-electron chi connectivity index (χ3n) is 4.68. The minimum atomic E-state index is 0.539. The first kappa shape index (κ1) is 13.5. The predicted molar refractivity (Wildman–Crippen MR) is 90.7 cm³/mol. The fourth-order valence-corrected chi connectivity index (χ4v) is 3.90. The average molecular weight is 346 g/mol. The highest BCUT2D eigenvalue weighted by atomic mass is 79.9. The second-order valence-electron chi connectivity index (χ2n) is 6.38. The first-order valence-electron chi connectivity index (χ1n) is 7.77. The number of nitrogens with zero attached hydrogens (tertiary/aromatic N) is 2. The van der Waals surface area contributed by atoms with E-state index in [0.717, 1.165) is 21.7 Å². The van der Waals surface area contributed by atoms with Crippen LogP contribution in [0.25, 0.3) is 10.9 Å². The molecule has 110 valence electrons. The van der Waals surface area contributed by atoms with Gasteiger partial charge >= 0.3 is 0 Å². The van der Waals surface area contributed by atoms with Crippen LogP contribution in [-0.4, -0.2) is 34.6 Å².